The Morgan fingerprint density at radius 3 is 2.92 bits per heavy atom. The Labute approximate surface area is 76.9 Å². The topological polar surface area (TPSA) is 12.0 Å². The van der Waals surface area contributed by atoms with Crippen LogP contribution in [0.1, 0.15) is 46.0 Å². The molecule has 2 atom stereocenters. The molecular formula is C11H23N. The summed E-state index contributed by atoms with van der Waals surface area (Å²) in [5.74, 6) is 1.95. The van der Waals surface area contributed by atoms with Crippen LogP contribution in [0.15, 0.2) is 0 Å². The minimum Gasteiger partial charge on any atom is -0.317 e. The molecule has 0 aromatic rings. The summed E-state index contributed by atoms with van der Waals surface area (Å²) in [6.45, 7) is 7.22. The average Bonchev–Trinajstić information content (AvgIpc) is 2.32. The van der Waals surface area contributed by atoms with Gasteiger partial charge in [0.1, 0.15) is 0 Å². The maximum Gasteiger partial charge on any atom is -0.00462 e. The molecule has 0 spiro atoms. The van der Waals surface area contributed by atoms with Crippen molar-refractivity contribution in [1.82, 2.24) is 5.32 Å². The normalized spacial score (nSPS) is 28.0. The van der Waals surface area contributed by atoms with E-state index in [-0.39, 0.29) is 0 Å². The molecule has 1 heterocycles. The highest BCUT2D eigenvalue weighted by Crippen LogP contribution is 2.25. The van der Waals surface area contributed by atoms with E-state index in [9.17, 15) is 0 Å². The number of rotatable bonds is 3. The van der Waals surface area contributed by atoms with E-state index in [4.69, 9.17) is 0 Å². The van der Waals surface area contributed by atoms with E-state index in [0.717, 1.165) is 11.8 Å². The predicted octanol–water partition coefficient (Wildman–Crippen LogP) is 2.81. The lowest BCUT2D eigenvalue weighted by molar-refractivity contribution is 0.307. The first-order valence-electron chi connectivity index (χ1n) is 5.55. The smallest absolute Gasteiger partial charge is 0.00462 e. The maximum absolute atomic E-state index is 3.47. The molecule has 0 bridgehead atoms. The highest BCUT2D eigenvalue weighted by atomic mass is 14.8. The van der Waals surface area contributed by atoms with Crippen molar-refractivity contribution in [2.75, 3.05) is 13.1 Å². The van der Waals surface area contributed by atoms with Gasteiger partial charge in [0, 0.05) is 0 Å². The Morgan fingerprint density at radius 2 is 2.17 bits per heavy atom. The van der Waals surface area contributed by atoms with Crippen molar-refractivity contribution in [2.45, 2.75) is 46.0 Å². The van der Waals surface area contributed by atoms with Gasteiger partial charge in [-0.3, -0.25) is 0 Å². The Kier molecular flexibility index (Phi) is 4.67. The van der Waals surface area contributed by atoms with Crippen LogP contribution in [-0.4, -0.2) is 13.1 Å². The third kappa shape index (κ3) is 3.14. The van der Waals surface area contributed by atoms with Gasteiger partial charge < -0.3 is 5.32 Å². The molecular weight excluding hydrogens is 146 g/mol. The third-order valence-corrected chi connectivity index (χ3v) is 3.17. The van der Waals surface area contributed by atoms with E-state index in [1.807, 2.05) is 0 Å². The van der Waals surface area contributed by atoms with Gasteiger partial charge in [0.25, 0.3) is 0 Å². The summed E-state index contributed by atoms with van der Waals surface area (Å²) in [6.07, 6.45) is 7.02. The van der Waals surface area contributed by atoms with Crippen LogP contribution in [0.4, 0.5) is 0 Å². The van der Waals surface area contributed by atoms with E-state index in [1.54, 1.807) is 0 Å². The van der Waals surface area contributed by atoms with Gasteiger partial charge >= 0.3 is 0 Å². The van der Waals surface area contributed by atoms with Crippen LogP contribution in [0.25, 0.3) is 0 Å². The minimum atomic E-state index is 0.954. The Balaban J connectivity index is 2.27. The standard InChI is InChI=1S/C11H23N/c1-3-5-10(2)11-6-4-8-12-9-7-11/h10-12H,3-9H2,1-2H3. The van der Waals surface area contributed by atoms with Crippen LogP contribution >= 0.6 is 0 Å². The summed E-state index contributed by atoms with van der Waals surface area (Å²) < 4.78 is 0. The average molecular weight is 169 g/mol. The van der Waals surface area contributed by atoms with E-state index in [1.165, 1.54) is 45.2 Å². The fraction of sp³-hybridized carbons (Fsp3) is 1.00. The molecule has 1 aliphatic heterocycles. The molecule has 0 aromatic carbocycles. The van der Waals surface area contributed by atoms with Gasteiger partial charge in [-0.1, -0.05) is 26.7 Å². The first-order chi connectivity index (χ1) is 5.84. The van der Waals surface area contributed by atoms with E-state index in [2.05, 4.69) is 19.2 Å². The molecule has 0 radical (unpaired) electrons. The summed E-state index contributed by atoms with van der Waals surface area (Å²) in [4.78, 5) is 0. The van der Waals surface area contributed by atoms with Gasteiger partial charge in [-0.2, -0.15) is 0 Å². The molecule has 0 amide bonds. The number of nitrogens with one attached hydrogen (secondary N) is 1. The molecule has 0 aliphatic carbocycles. The summed E-state index contributed by atoms with van der Waals surface area (Å²) in [6, 6.07) is 0. The molecule has 0 saturated carbocycles. The molecule has 2 unspecified atom stereocenters. The second-order valence-corrected chi connectivity index (χ2v) is 4.21. The van der Waals surface area contributed by atoms with Crippen molar-refractivity contribution in [3.63, 3.8) is 0 Å². The van der Waals surface area contributed by atoms with Gasteiger partial charge in [-0.05, 0) is 44.2 Å². The molecule has 72 valence electrons. The second kappa shape index (κ2) is 5.58. The van der Waals surface area contributed by atoms with Gasteiger partial charge in [-0.15, -0.1) is 0 Å². The fourth-order valence-electron chi connectivity index (χ4n) is 2.31. The predicted molar refractivity (Wildman–Crippen MR) is 54.3 cm³/mol. The lowest BCUT2D eigenvalue weighted by atomic mass is 9.85. The fourth-order valence-corrected chi connectivity index (χ4v) is 2.31. The highest BCUT2D eigenvalue weighted by Gasteiger charge is 2.17. The van der Waals surface area contributed by atoms with Crippen molar-refractivity contribution < 1.29 is 0 Å². The molecule has 1 nitrogen and oxygen atoms in total. The number of hydrogen-bond acceptors (Lipinski definition) is 1. The van der Waals surface area contributed by atoms with E-state index >= 15 is 0 Å². The van der Waals surface area contributed by atoms with Crippen LogP contribution in [0.3, 0.4) is 0 Å². The van der Waals surface area contributed by atoms with Crippen molar-refractivity contribution in [1.29, 1.82) is 0 Å². The quantitative estimate of drug-likeness (QED) is 0.685. The Bertz CT molecular complexity index is 104. The zero-order valence-corrected chi connectivity index (χ0v) is 8.60. The Morgan fingerprint density at radius 1 is 1.33 bits per heavy atom. The summed E-state index contributed by atoms with van der Waals surface area (Å²) in [7, 11) is 0. The SMILES string of the molecule is CCCC(C)C1CCCNCC1. The van der Waals surface area contributed by atoms with Gasteiger partial charge in [0.05, 0.1) is 0 Å². The second-order valence-electron chi connectivity index (χ2n) is 4.21. The third-order valence-electron chi connectivity index (χ3n) is 3.17. The number of hydrogen-bond donors (Lipinski definition) is 1. The van der Waals surface area contributed by atoms with Crippen molar-refractivity contribution in [3.05, 3.63) is 0 Å². The van der Waals surface area contributed by atoms with Crippen molar-refractivity contribution in [2.24, 2.45) is 11.8 Å². The van der Waals surface area contributed by atoms with Crippen LogP contribution in [0, 0.1) is 11.8 Å². The van der Waals surface area contributed by atoms with Gasteiger partial charge in [-0.25, -0.2) is 0 Å². The van der Waals surface area contributed by atoms with E-state index in [0.29, 0.717) is 0 Å². The van der Waals surface area contributed by atoms with Crippen LogP contribution < -0.4 is 5.32 Å². The lowest BCUT2D eigenvalue weighted by Gasteiger charge is -2.21. The van der Waals surface area contributed by atoms with Crippen LogP contribution in [0.5, 0.6) is 0 Å². The molecule has 1 saturated heterocycles. The Hall–Kier alpha value is -0.0400. The molecule has 0 aromatic heterocycles. The molecule has 1 aliphatic rings. The van der Waals surface area contributed by atoms with Crippen molar-refractivity contribution in [3.8, 4) is 0 Å². The zero-order chi connectivity index (χ0) is 8.81. The minimum absolute atomic E-state index is 0.954. The van der Waals surface area contributed by atoms with Crippen LogP contribution in [0.2, 0.25) is 0 Å². The summed E-state index contributed by atoms with van der Waals surface area (Å²) in [5.41, 5.74) is 0. The molecule has 12 heavy (non-hydrogen) atoms. The molecule has 1 heteroatoms. The van der Waals surface area contributed by atoms with Gasteiger partial charge in [0.2, 0.25) is 0 Å². The highest BCUT2D eigenvalue weighted by molar-refractivity contribution is 4.71. The lowest BCUT2D eigenvalue weighted by Crippen LogP contribution is -2.16. The maximum atomic E-state index is 3.47. The van der Waals surface area contributed by atoms with Crippen molar-refractivity contribution >= 4 is 0 Å². The first-order valence-corrected chi connectivity index (χ1v) is 5.55. The van der Waals surface area contributed by atoms with E-state index < -0.39 is 0 Å². The van der Waals surface area contributed by atoms with Crippen LogP contribution in [-0.2, 0) is 0 Å². The molecule has 1 fully saturated rings. The van der Waals surface area contributed by atoms with Gasteiger partial charge in [0.15, 0.2) is 0 Å². The monoisotopic (exact) mass is 169 g/mol. The zero-order valence-electron chi connectivity index (χ0n) is 8.60. The largest absolute Gasteiger partial charge is 0.317 e. The summed E-state index contributed by atoms with van der Waals surface area (Å²) in [5, 5.41) is 3.47. The summed E-state index contributed by atoms with van der Waals surface area (Å²) >= 11 is 0. The molecule has 1 rings (SSSR count). The first kappa shape index (κ1) is 10.0. The molecule has 1 N–H and O–H groups in total.